The van der Waals surface area contributed by atoms with Gasteiger partial charge in [-0.05, 0) is 31.2 Å². The number of thiazole rings is 1. The van der Waals surface area contributed by atoms with Crippen LogP contribution in [0.15, 0.2) is 58.7 Å². The molecule has 2 heterocycles. The van der Waals surface area contributed by atoms with E-state index in [-0.39, 0.29) is 24.3 Å². The van der Waals surface area contributed by atoms with Crippen LogP contribution in [0.5, 0.6) is 5.75 Å². The lowest BCUT2D eigenvalue weighted by molar-refractivity contribution is -0.116. The van der Waals surface area contributed by atoms with E-state index in [1.807, 2.05) is 54.8 Å². The van der Waals surface area contributed by atoms with Gasteiger partial charge in [0, 0.05) is 23.8 Å². The number of nitrogens with one attached hydrogen (secondary N) is 2. The predicted molar refractivity (Wildman–Crippen MR) is 118 cm³/mol. The first-order valence-electron chi connectivity index (χ1n) is 9.59. The first-order chi connectivity index (χ1) is 14.6. The van der Waals surface area contributed by atoms with Crippen molar-refractivity contribution < 1.29 is 9.53 Å². The lowest BCUT2D eigenvalue weighted by atomic mass is 10.1. The number of H-pyrrole nitrogens is 1. The van der Waals surface area contributed by atoms with Crippen LogP contribution in [0.3, 0.4) is 0 Å². The number of ether oxygens (including phenoxy) is 1. The number of rotatable bonds is 7. The Hall–Kier alpha value is -3.52. The Balaban J connectivity index is 1.42. The van der Waals surface area contributed by atoms with Crippen molar-refractivity contribution in [2.45, 2.75) is 19.8 Å². The fourth-order valence-corrected chi connectivity index (χ4v) is 3.79. The Labute approximate surface area is 176 Å². The number of amides is 1. The molecule has 2 aromatic carbocycles. The maximum absolute atomic E-state index is 12.4. The number of aromatic nitrogens is 3. The van der Waals surface area contributed by atoms with Crippen LogP contribution in [-0.4, -0.2) is 27.5 Å². The van der Waals surface area contributed by atoms with Crippen molar-refractivity contribution in [3.8, 4) is 17.0 Å². The number of hydrogen-bond acceptors (Lipinski definition) is 6. The van der Waals surface area contributed by atoms with Crippen LogP contribution in [0.25, 0.3) is 22.3 Å². The highest BCUT2D eigenvalue weighted by Gasteiger charge is 2.13. The smallest absolute Gasteiger partial charge is 0.270 e. The molecule has 1 amide bonds. The topological polar surface area (TPSA) is 97.0 Å². The summed E-state index contributed by atoms with van der Waals surface area (Å²) in [4.78, 5) is 36.2. The first kappa shape index (κ1) is 19.8. The lowest BCUT2D eigenvalue weighted by Gasteiger charge is -2.07. The van der Waals surface area contributed by atoms with Gasteiger partial charge in [0.15, 0.2) is 5.13 Å². The van der Waals surface area contributed by atoms with Gasteiger partial charge in [0.25, 0.3) is 5.56 Å². The highest BCUT2D eigenvalue weighted by atomic mass is 32.1. The molecule has 8 heteroatoms. The van der Waals surface area contributed by atoms with Crippen molar-refractivity contribution in [1.82, 2.24) is 15.0 Å². The molecule has 0 saturated heterocycles. The average molecular weight is 420 g/mol. The summed E-state index contributed by atoms with van der Waals surface area (Å²) in [6, 6.07) is 15.0. The van der Waals surface area contributed by atoms with E-state index < -0.39 is 0 Å². The van der Waals surface area contributed by atoms with Crippen LogP contribution in [-0.2, 0) is 11.2 Å². The number of carbonyl (C=O) groups excluding carboxylic acids is 1. The fourth-order valence-electron chi connectivity index (χ4n) is 3.07. The van der Waals surface area contributed by atoms with Crippen molar-refractivity contribution >= 4 is 33.4 Å². The SMILES string of the molecule is CCOc1ccccc1-c1csc(NC(=O)CCc2nc3ccccc3[nH]c2=O)n1. The molecule has 0 unspecified atom stereocenters. The molecule has 0 fully saturated rings. The van der Waals surface area contributed by atoms with Gasteiger partial charge in [-0.25, -0.2) is 9.97 Å². The Morgan fingerprint density at radius 1 is 1.13 bits per heavy atom. The molecule has 2 N–H and O–H groups in total. The Kier molecular flexibility index (Phi) is 5.85. The van der Waals surface area contributed by atoms with Gasteiger partial charge in [-0.15, -0.1) is 11.3 Å². The van der Waals surface area contributed by atoms with Gasteiger partial charge in [0.1, 0.15) is 11.4 Å². The van der Waals surface area contributed by atoms with E-state index in [9.17, 15) is 9.59 Å². The molecule has 30 heavy (non-hydrogen) atoms. The number of anilines is 1. The summed E-state index contributed by atoms with van der Waals surface area (Å²) in [5.41, 5.74) is 3.07. The minimum absolute atomic E-state index is 0.138. The summed E-state index contributed by atoms with van der Waals surface area (Å²) in [7, 11) is 0. The highest BCUT2D eigenvalue weighted by molar-refractivity contribution is 7.14. The molecule has 152 valence electrons. The fraction of sp³-hybridized carbons (Fsp3) is 0.182. The Morgan fingerprint density at radius 2 is 1.93 bits per heavy atom. The number of nitrogens with zero attached hydrogens (tertiary/aromatic N) is 2. The van der Waals surface area contributed by atoms with Gasteiger partial charge in [-0.2, -0.15) is 0 Å². The van der Waals surface area contributed by atoms with Crippen LogP contribution in [0.2, 0.25) is 0 Å². The van der Waals surface area contributed by atoms with E-state index in [0.717, 1.165) is 17.0 Å². The van der Waals surface area contributed by atoms with Crippen molar-refractivity contribution in [2.24, 2.45) is 0 Å². The minimum Gasteiger partial charge on any atom is -0.493 e. The summed E-state index contributed by atoms with van der Waals surface area (Å²) in [5.74, 6) is 0.535. The van der Waals surface area contributed by atoms with Gasteiger partial charge in [-0.3, -0.25) is 9.59 Å². The van der Waals surface area contributed by atoms with Crippen molar-refractivity contribution in [3.63, 3.8) is 0 Å². The van der Waals surface area contributed by atoms with Crippen molar-refractivity contribution in [1.29, 1.82) is 0 Å². The number of carbonyl (C=O) groups is 1. The molecule has 0 atom stereocenters. The zero-order valence-electron chi connectivity index (χ0n) is 16.3. The van der Waals surface area contributed by atoms with Crippen LogP contribution in [0, 0.1) is 0 Å². The van der Waals surface area contributed by atoms with E-state index in [0.29, 0.717) is 28.5 Å². The Bertz CT molecular complexity index is 1250. The normalized spacial score (nSPS) is 10.8. The second-order valence-electron chi connectivity index (χ2n) is 6.55. The quantitative estimate of drug-likeness (QED) is 0.471. The standard InChI is InChI=1S/C22H20N4O3S/c1-2-29-19-10-6-3-7-14(19)18-13-30-22(25-18)26-20(27)12-11-17-21(28)24-16-9-5-4-8-15(16)23-17/h3-10,13H,2,11-12H2,1H3,(H,24,28)(H,25,26,27). The second kappa shape index (κ2) is 8.87. The van der Waals surface area contributed by atoms with E-state index in [1.54, 1.807) is 6.07 Å². The molecule has 0 radical (unpaired) electrons. The van der Waals surface area contributed by atoms with E-state index >= 15 is 0 Å². The van der Waals surface area contributed by atoms with E-state index in [2.05, 4.69) is 20.3 Å². The molecule has 0 aliphatic rings. The van der Waals surface area contributed by atoms with Crippen LogP contribution in [0.1, 0.15) is 19.0 Å². The zero-order chi connectivity index (χ0) is 20.9. The van der Waals surface area contributed by atoms with Crippen LogP contribution < -0.4 is 15.6 Å². The summed E-state index contributed by atoms with van der Waals surface area (Å²) in [6.07, 6.45) is 0.385. The molecule has 0 aliphatic heterocycles. The summed E-state index contributed by atoms with van der Waals surface area (Å²) >= 11 is 1.34. The van der Waals surface area contributed by atoms with E-state index in [1.165, 1.54) is 11.3 Å². The van der Waals surface area contributed by atoms with Crippen LogP contribution >= 0.6 is 11.3 Å². The third-order valence-corrected chi connectivity index (χ3v) is 5.23. The average Bonchev–Trinajstić information content (AvgIpc) is 3.21. The van der Waals surface area contributed by atoms with Gasteiger partial charge in [0.2, 0.25) is 5.91 Å². The van der Waals surface area contributed by atoms with Crippen LogP contribution in [0.4, 0.5) is 5.13 Å². The molecule has 7 nitrogen and oxygen atoms in total. The van der Waals surface area contributed by atoms with Gasteiger partial charge in [0.05, 0.1) is 23.3 Å². The largest absolute Gasteiger partial charge is 0.493 e. The van der Waals surface area contributed by atoms with Gasteiger partial charge in [-0.1, -0.05) is 24.3 Å². The second-order valence-corrected chi connectivity index (χ2v) is 7.40. The monoisotopic (exact) mass is 420 g/mol. The first-order valence-corrected chi connectivity index (χ1v) is 10.5. The van der Waals surface area contributed by atoms with Crippen molar-refractivity contribution in [2.75, 3.05) is 11.9 Å². The minimum atomic E-state index is -0.273. The number of aryl methyl sites for hydroxylation is 1. The Morgan fingerprint density at radius 3 is 2.80 bits per heavy atom. The molecule has 0 saturated carbocycles. The highest BCUT2D eigenvalue weighted by Crippen LogP contribution is 2.32. The van der Waals surface area contributed by atoms with Gasteiger partial charge >= 0.3 is 0 Å². The molecule has 0 spiro atoms. The summed E-state index contributed by atoms with van der Waals surface area (Å²) < 4.78 is 5.65. The zero-order valence-corrected chi connectivity index (χ0v) is 17.2. The molecule has 4 rings (SSSR count). The summed E-state index contributed by atoms with van der Waals surface area (Å²) in [5, 5.41) is 5.18. The predicted octanol–water partition coefficient (Wildman–Crippen LogP) is 4.02. The molecule has 0 aliphatic carbocycles. The molecule has 2 aromatic heterocycles. The maximum Gasteiger partial charge on any atom is 0.270 e. The number of benzene rings is 2. The van der Waals surface area contributed by atoms with E-state index in [4.69, 9.17) is 4.74 Å². The third kappa shape index (κ3) is 4.38. The van der Waals surface area contributed by atoms with Gasteiger partial charge < -0.3 is 15.0 Å². The number of para-hydroxylation sites is 3. The number of hydrogen-bond donors (Lipinski definition) is 2. The van der Waals surface area contributed by atoms with Crippen molar-refractivity contribution in [3.05, 3.63) is 70.0 Å². The number of aromatic amines is 1. The summed E-state index contributed by atoms with van der Waals surface area (Å²) in [6.45, 7) is 2.49. The lowest BCUT2D eigenvalue weighted by Crippen LogP contribution is -2.18. The molecular weight excluding hydrogens is 400 g/mol. The molecule has 0 bridgehead atoms. The molecular formula is C22H20N4O3S. The third-order valence-electron chi connectivity index (χ3n) is 4.47. The molecule has 4 aromatic rings. The number of fused-ring (bicyclic) bond motifs is 1. The maximum atomic E-state index is 12.4.